The Morgan fingerprint density at radius 2 is 2.17 bits per heavy atom. The van der Waals surface area contributed by atoms with E-state index >= 15 is 0 Å². The summed E-state index contributed by atoms with van der Waals surface area (Å²) in [7, 11) is 0. The number of esters is 1. The number of ether oxygens (including phenoxy) is 1. The third-order valence-electron chi connectivity index (χ3n) is 2.55. The summed E-state index contributed by atoms with van der Waals surface area (Å²) in [6.45, 7) is 2.58. The molecule has 5 heteroatoms. The minimum Gasteiger partial charge on any atom is -0.463 e. The Hall–Kier alpha value is -1.88. The predicted molar refractivity (Wildman–Crippen MR) is 74.2 cm³/mol. The van der Waals surface area contributed by atoms with Gasteiger partial charge in [0.1, 0.15) is 0 Å². The maximum atomic E-state index is 11.7. The molecule has 0 amide bonds. The average Bonchev–Trinajstić information content (AvgIpc) is 2.40. The highest BCUT2D eigenvalue weighted by atomic mass is 32.1. The number of nitrogens with one attached hydrogen (secondary N) is 1. The van der Waals surface area contributed by atoms with Gasteiger partial charge >= 0.3 is 5.97 Å². The lowest BCUT2D eigenvalue weighted by Gasteiger charge is -2.29. The van der Waals surface area contributed by atoms with Crippen molar-refractivity contribution in [3.05, 3.63) is 42.1 Å². The highest BCUT2D eigenvalue weighted by molar-refractivity contribution is 7.80. The zero-order valence-electron chi connectivity index (χ0n) is 10.1. The number of anilines is 1. The standard InChI is InChI=1S/C13H14N2O2S/c1-2-17-12(16)10-8-14-13(18)15(9-10)11-6-4-3-5-7-11/h3-8H,2,9H2,1H3,(H,14,18). The Labute approximate surface area is 111 Å². The van der Waals surface area contributed by atoms with E-state index in [1.165, 1.54) is 0 Å². The van der Waals surface area contributed by atoms with Crippen molar-refractivity contribution in [1.29, 1.82) is 0 Å². The van der Waals surface area contributed by atoms with E-state index in [-0.39, 0.29) is 5.97 Å². The zero-order chi connectivity index (χ0) is 13.0. The summed E-state index contributed by atoms with van der Waals surface area (Å²) in [5, 5.41) is 3.49. The molecule has 1 aromatic carbocycles. The first-order valence-corrected chi connectivity index (χ1v) is 6.12. The number of para-hydroxylation sites is 1. The lowest BCUT2D eigenvalue weighted by atomic mass is 10.2. The van der Waals surface area contributed by atoms with Gasteiger partial charge in [-0.2, -0.15) is 0 Å². The molecular formula is C13H14N2O2S. The van der Waals surface area contributed by atoms with Gasteiger partial charge in [0.2, 0.25) is 0 Å². The molecule has 0 saturated carbocycles. The van der Waals surface area contributed by atoms with Crippen LogP contribution in [0.5, 0.6) is 0 Å². The highest BCUT2D eigenvalue weighted by Gasteiger charge is 2.22. The number of hydrogen-bond acceptors (Lipinski definition) is 3. The Balaban J connectivity index is 2.17. The molecular weight excluding hydrogens is 248 g/mol. The minimum atomic E-state index is -0.312. The normalized spacial score (nSPS) is 14.8. The van der Waals surface area contributed by atoms with E-state index in [0.29, 0.717) is 23.8 Å². The maximum absolute atomic E-state index is 11.7. The molecule has 0 aromatic heterocycles. The number of rotatable bonds is 3. The SMILES string of the molecule is CCOC(=O)C1=CNC(=S)N(c2ccccc2)C1. The first-order valence-electron chi connectivity index (χ1n) is 5.71. The number of carbonyl (C=O) groups is 1. The second-order valence-electron chi connectivity index (χ2n) is 3.76. The van der Waals surface area contributed by atoms with E-state index in [0.717, 1.165) is 5.69 Å². The summed E-state index contributed by atoms with van der Waals surface area (Å²) < 4.78 is 4.98. The van der Waals surface area contributed by atoms with Crippen LogP contribution in [0.3, 0.4) is 0 Å². The number of nitrogens with zero attached hydrogens (tertiary/aromatic N) is 1. The maximum Gasteiger partial charge on any atom is 0.337 e. The molecule has 0 spiro atoms. The predicted octanol–water partition coefficient (Wildman–Crippen LogP) is 1.83. The largest absolute Gasteiger partial charge is 0.463 e. The average molecular weight is 262 g/mol. The summed E-state index contributed by atoms with van der Waals surface area (Å²) in [5.74, 6) is -0.312. The van der Waals surface area contributed by atoms with Crippen molar-refractivity contribution in [2.24, 2.45) is 0 Å². The first-order chi connectivity index (χ1) is 8.72. The smallest absolute Gasteiger partial charge is 0.337 e. The molecule has 0 unspecified atom stereocenters. The lowest BCUT2D eigenvalue weighted by Crippen LogP contribution is -2.44. The molecule has 0 fully saturated rings. The molecule has 1 aromatic rings. The molecule has 94 valence electrons. The Morgan fingerprint density at radius 3 is 2.83 bits per heavy atom. The molecule has 1 heterocycles. The number of hydrogen-bond donors (Lipinski definition) is 1. The van der Waals surface area contributed by atoms with Crippen LogP contribution in [0.2, 0.25) is 0 Å². The first kappa shape index (κ1) is 12.6. The van der Waals surface area contributed by atoms with E-state index in [1.807, 2.05) is 35.2 Å². The van der Waals surface area contributed by atoms with Gasteiger partial charge in [-0.1, -0.05) is 18.2 Å². The van der Waals surface area contributed by atoms with E-state index in [1.54, 1.807) is 13.1 Å². The summed E-state index contributed by atoms with van der Waals surface area (Å²) in [4.78, 5) is 13.5. The van der Waals surface area contributed by atoms with Crippen molar-refractivity contribution < 1.29 is 9.53 Å². The van der Waals surface area contributed by atoms with Crippen molar-refractivity contribution in [2.75, 3.05) is 18.1 Å². The zero-order valence-corrected chi connectivity index (χ0v) is 10.9. The molecule has 0 saturated heterocycles. The van der Waals surface area contributed by atoms with Crippen LogP contribution in [-0.4, -0.2) is 24.2 Å². The van der Waals surface area contributed by atoms with Crippen LogP contribution in [0.1, 0.15) is 6.92 Å². The van der Waals surface area contributed by atoms with Gasteiger partial charge in [0.25, 0.3) is 0 Å². The Kier molecular flexibility index (Phi) is 3.94. The molecule has 0 bridgehead atoms. The second-order valence-corrected chi connectivity index (χ2v) is 4.15. The molecule has 18 heavy (non-hydrogen) atoms. The molecule has 1 aliphatic heterocycles. The van der Waals surface area contributed by atoms with E-state index < -0.39 is 0 Å². The molecule has 1 N–H and O–H groups in total. The Morgan fingerprint density at radius 1 is 1.44 bits per heavy atom. The van der Waals surface area contributed by atoms with Crippen molar-refractivity contribution in [2.45, 2.75) is 6.92 Å². The topological polar surface area (TPSA) is 41.6 Å². The summed E-state index contributed by atoms with van der Waals surface area (Å²) in [6, 6.07) is 9.69. The quantitative estimate of drug-likeness (QED) is 0.665. The summed E-state index contributed by atoms with van der Waals surface area (Å²) in [6.07, 6.45) is 1.61. The molecule has 2 rings (SSSR count). The van der Waals surface area contributed by atoms with Gasteiger partial charge in [0.05, 0.1) is 18.7 Å². The van der Waals surface area contributed by atoms with Gasteiger partial charge in [-0.05, 0) is 31.3 Å². The van der Waals surface area contributed by atoms with Crippen molar-refractivity contribution >= 4 is 29.0 Å². The van der Waals surface area contributed by atoms with Crippen molar-refractivity contribution in [3.8, 4) is 0 Å². The van der Waals surface area contributed by atoms with E-state index in [2.05, 4.69) is 5.32 Å². The van der Waals surface area contributed by atoms with Crippen molar-refractivity contribution in [3.63, 3.8) is 0 Å². The van der Waals surface area contributed by atoms with Crippen molar-refractivity contribution in [1.82, 2.24) is 5.32 Å². The summed E-state index contributed by atoms with van der Waals surface area (Å²) >= 11 is 5.23. The van der Waals surface area contributed by atoms with Crippen LogP contribution in [-0.2, 0) is 9.53 Å². The lowest BCUT2D eigenvalue weighted by molar-refractivity contribution is -0.138. The molecule has 0 aliphatic carbocycles. The minimum absolute atomic E-state index is 0.312. The molecule has 0 radical (unpaired) electrons. The van der Waals surface area contributed by atoms with Crippen LogP contribution >= 0.6 is 12.2 Å². The van der Waals surface area contributed by atoms with Gasteiger partial charge in [-0.15, -0.1) is 0 Å². The van der Waals surface area contributed by atoms with E-state index in [9.17, 15) is 4.79 Å². The summed E-state index contributed by atoms with van der Waals surface area (Å²) in [5.41, 5.74) is 1.51. The fraction of sp³-hybridized carbons (Fsp3) is 0.231. The fourth-order valence-electron chi connectivity index (χ4n) is 1.68. The van der Waals surface area contributed by atoms with Crippen LogP contribution in [0, 0.1) is 0 Å². The van der Waals surface area contributed by atoms with Gasteiger partial charge in [-0.25, -0.2) is 4.79 Å². The number of thiocarbonyl (C=S) groups is 1. The van der Waals surface area contributed by atoms with Gasteiger partial charge < -0.3 is 15.0 Å². The third-order valence-corrected chi connectivity index (χ3v) is 2.89. The van der Waals surface area contributed by atoms with Crippen LogP contribution in [0.4, 0.5) is 5.69 Å². The van der Waals surface area contributed by atoms with Gasteiger partial charge in [0.15, 0.2) is 5.11 Å². The third kappa shape index (κ3) is 2.68. The number of carbonyl (C=O) groups excluding carboxylic acids is 1. The van der Waals surface area contributed by atoms with Crippen LogP contribution in [0.25, 0.3) is 0 Å². The molecule has 1 aliphatic rings. The molecule has 0 atom stereocenters. The van der Waals surface area contributed by atoms with Gasteiger partial charge in [0, 0.05) is 11.9 Å². The Bertz CT molecular complexity index is 485. The molecule has 4 nitrogen and oxygen atoms in total. The fourth-order valence-corrected chi connectivity index (χ4v) is 1.91. The number of benzene rings is 1. The van der Waals surface area contributed by atoms with Crippen LogP contribution < -0.4 is 10.2 Å². The second kappa shape index (κ2) is 5.64. The van der Waals surface area contributed by atoms with E-state index in [4.69, 9.17) is 17.0 Å². The van der Waals surface area contributed by atoms with Gasteiger partial charge in [-0.3, -0.25) is 0 Å². The van der Waals surface area contributed by atoms with Crippen LogP contribution in [0.15, 0.2) is 42.1 Å². The monoisotopic (exact) mass is 262 g/mol. The highest BCUT2D eigenvalue weighted by Crippen LogP contribution is 2.18.